The number of nitriles is 1. The highest BCUT2D eigenvalue weighted by molar-refractivity contribution is 6.03. The maximum Gasteiger partial charge on any atom is 0.249 e. The van der Waals surface area contributed by atoms with Crippen molar-refractivity contribution in [3.05, 3.63) is 54.4 Å². The van der Waals surface area contributed by atoms with E-state index in [4.69, 9.17) is 5.26 Å². The van der Waals surface area contributed by atoms with Crippen LogP contribution in [0.5, 0.6) is 0 Å². The summed E-state index contributed by atoms with van der Waals surface area (Å²) in [6.07, 6.45) is 8.39. The van der Waals surface area contributed by atoms with Crippen LogP contribution in [0.3, 0.4) is 0 Å². The fraction of sp³-hybridized carbons (Fsp3) is 0.286. The highest BCUT2D eigenvalue weighted by Gasteiger charge is 2.10. The summed E-state index contributed by atoms with van der Waals surface area (Å²) in [6, 6.07) is 12.2. The molecule has 0 radical (unpaired) electrons. The van der Waals surface area contributed by atoms with Crippen molar-refractivity contribution in [2.45, 2.75) is 39.3 Å². The van der Waals surface area contributed by atoms with E-state index in [0.717, 1.165) is 22.9 Å². The molecule has 0 aliphatic carbocycles. The molecule has 0 saturated carbocycles. The van der Waals surface area contributed by atoms with Gasteiger partial charge in [0.25, 0.3) is 0 Å². The molecule has 6 nitrogen and oxygen atoms in total. The number of carbonyl (C=O) groups is 1. The molecule has 1 aromatic carbocycles. The maximum atomic E-state index is 12.4. The number of benzene rings is 1. The van der Waals surface area contributed by atoms with E-state index in [1.54, 1.807) is 12.3 Å². The van der Waals surface area contributed by atoms with Crippen LogP contribution in [0.4, 0.5) is 5.82 Å². The number of carbonyl (C=O) groups excluding carboxylic acids is 1. The predicted molar refractivity (Wildman–Crippen MR) is 107 cm³/mol. The summed E-state index contributed by atoms with van der Waals surface area (Å²) >= 11 is 0. The van der Waals surface area contributed by atoms with Gasteiger partial charge in [0.1, 0.15) is 5.82 Å². The molecule has 1 atom stereocenters. The van der Waals surface area contributed by atoms with Crippen LogP contribution >= 0.6 is 0 Å². The Kier molecular flexibility index (Phi) is 5.72. The lowest BCUT2D eigenvalue weighted by molar-refractivity contribution is -0.111. The predicted octanol–water partition coefficient (Wildman–Crippen LogP) is 4.37. The molecule has 27 heavy (non-hydrogen) atoms. The number of nitrogens with one attached hydrogen (secondary N) is 1. The second-order valence-electron chi connectivity index (χ2n) is 6.44. The molecule has 2 aromatic heterocycles. The van der Waals surface area contributed by atoms with Gasteiger partial charge >= 0.3 is 0 Å². The minimum Gasteiger partial charge on any atom is -0.346 e. The zero-order valence-corrected chi connectivity index (χ0v) is 15.6. The van der Waals surface area contributed by atoms with Gasteiger partial charge < -0.3 is 9.88 Å². The third kappa shape index (κ3) is 4.09. The van der Waals surface area contributed by atoms with Crippen LogP contribution < -0.4 is 5.32 Å². The first-order chi connectivity index (χ1) is 13.1. The van der Waals surface area contributed by atoms with Crippen molar-refractivity contribution in [2.75, 3.05) is 5.32 Å². The molecule has 0 bridgehead atoms. The standard InChI is InChI=1S/C21H23N5O/c1-3-16(2)26-20(11-13-23-26)24-21(27)10-9-17-15-25(14-6-12-22)19-8-5-4-7-18(17)19/h4-5,7-11,13,15-16H,3,6,14H2,1-2H3,(H,24,27)/b10-9+. The topological polar surface area (TPSA) is 75.6 Å². The highest BCUT2D eigenvalue weighted by Crippen LogP contribution is 2.23. The summed E-state index contributed by atoms with van der Waals surface area (Å²) in [4.78, 5) is 12.4. The van der Waals surface area contributed by atoms with E-state index >= 15 is 0 Å². The first-order valence-electron chi connectivity index (χ1n) is 9.11. The van der Waals surface area contributed by atoms with Crippen molar-refractivity contribution in [2.24, 2.45) is 0 Å². The summed E-state index contributed by atoms with van der Waals surface area (Å²) in [5.41, 5.74) is 2.01. The molecule has 0 spiro atoms. The van der Waals surface area contributed by atoms with Gasteiger partial charge in [-0.25, -0.2) is 4.68 Å². The molecule has 3 aromatic rings. The highest BCUT2D eigenvalue weighted by atomic mass is 16.1. The number of anilines is 1. The van der Waals surface area contributed by atoms with Crippen molar-refractivity contribution in [3.8, 4) is 6.07 Å². The van der Waals surface area contributed by atoms with Crippen LogP contribution in [0.2, 0.25) is 0 Å². The first-order valence-corrected chi connectivity index (χ1v) is 9.11. The lowest BCUT2D eigenvalue weighted by atomic mass is 10.1. The molecule has 6 heteroatoms. The molecule has 1 unspecified atom stereocenters. The van der Waals surface area contributed by atoms with Gasteiger partial charge in [0.15, 0.2) is 0 Å². The lowest BCUT2D eigenvalue weighted by Gasteiger charge is -2.13. The number of fused-ring (bicyclic) bond motifs is 1. The van der Waals surface area contributed by atoms with Gasteiger partial charge in [-0.3, -0.25) is 4.79 Å². The van der Waals surface area contributed by atoms with E-state index < -0.39 is 0 Å². The van der Waals surface area contributed by atoms with Crippen LogP contribution in [0, 0.1) is 11.3 Å². The molecule has 2 heterocycles. The third-order valence-corrected chi connectivity index (χ3v) is 4.63. The second kappa shape index (κ2) is 8.37. The largest absolute Gasteiger partial charge is 0.346 e. The minimum atomic E-state index is -0.200. The SMILES string of the molecule is CCC(C)n1nccc1NC(=O)/C=C/c1cn(CCC#N)c2ccccc12. The Labute approximate surface area is 158 Å². The van der Waals surface area contributed by atoms with E-state index in [2.05, 4.69) is 30.3 Å². The average molecular weight is 361 g/mol. The van der Waals surface area contributed by atoms with Crippen LogP contribution in [0.25, 0.3) is 17.0 Å². The molecule has 0 aliphatic heterocycles. The molecule has 138 valence electrons. The van der Waals surface area contributed by atoms with Gasteiger partial charge in [0.2, 0.25) is 5.91 Å². The summed E-state index contributed by atoms with van der Waals surface area (Å²) in [5.74, 6) is 0.490. The number of hydrogen-bond acceptors (Lipinski definition) is 3. The van der Waals surface area contributed by atoms with Crippen molar-refractivity contribution in [1.82, 2.24) is 14.3 Å². The minimum absolute atomic E-state index is 0.200. The van der Waals surface area contributed by atoms with Crippen LogP contribution in [0.15, 0.2) is 48.8 Å². The Bertz CT molecular complexity index is 1010. The van der Waals surface area contributed by atoms with Crippen molar-refractivity contribution < 1.29 is 4.79 Å². The summed E-state index contributed by atoms with van der Waals surface area (Å²) in [5, 5.41) is 17.1. The number of hydrogen-bond donors (Lipinski definition) is 1. The normalized spacial score (nSPS) is 12.3. The molecule has 0 fully saturated rings. The van der Waals surface area contributed by atoms with Crippen LogP contribution in [-0.2, 0) is 11.3 Å². The number of para-hydroxylation sites is 1. The number of nitrogens with zero attached hydrogens (tertiary/aromatic N) is 4. The fourth-order valence-electron chi connectivity index (χ4n) is 3.03. The summed E-state index contributed by atoms with van der Waals surface area (Å²) in [7, 11) is 0. The maximum absolute atomic E-state index is 12.4. The average Bonchev–Trinajstić information content (AvgIpc) is 3.29. The van der Waals surface area contributed by atoms with E-state index in [1.807, 2.05) is 45.8 Å². The Morgan fingerprint density at radius 2 is 2.19 bits per heavy atom. The Morgan fingerprint density at radius 1 is 1.37 bits per heavy atom. The van der Waals surface area contributed by atoms with Crippen molar-refractivity contribution in [1.29, 1.82) is 5.26 Å². The quantitative estimate of drug-likeness (QED) is 0.635. The Balaban J connectivity index is 1.79. The molecule has 0 saturated heterocycles. The van der Waals surface area contributed by atoms with Gasteiger partial charge in [-0.1, -0.05) is 25.1 Å². The van der Waals surface area contributed by atoms with Gasteiger partial charge in [0.05, 0.1) is 24.7 Å². The van der Waals surface area contributed by atoms with Crippen molar-refractivity contribution in [3.63, 3.8) is 0 Å². The summed E-state index contributed by atoms with van der Waals surface area (Å²) < 4.78 is 3.87. The molecular formula is C21H23N5O. The molecule has 1 amide bonds. The number of amides is 1. The number of aromatic nitrogens is 3. The smallest absolute Gasteiger partial charge is 0.249 e. The van der Waals surface area contributed by atoms with E-state index in [-0.39, 0.29) is 11.9 Å². The van der Waals surface area contributed by atoms with Crippen LogP contribution in [0.1, 0.15) is 38.3 Å². The van der Waals surface area contributed by atoms with Gasteiger partial charge in [-0.2, -0.15) is 10.4 Å². The monoisotopic (exact) mass is 361 g/mol. The first kappa shape index (κ1) is 18.5. The van der Waals surface area contributed by atoms with Gasteiger partial charge in [-0.15, -0.1) is 0 Å². The Morgan fingerprint density at radius 3 is 2.96 bits per heavy atom. The zero-order valence-electron chi connectivity index (χ0n) is 15.6. The third-order valence-electron chi connectivity index (χ3n) is 4.63. The second-order valence-corrected chi connectivity index (χ2v) is 6.44. The van der Waals surface area contributed by atoms with Gasteiger partial charge in [0, 0.05) is 41.4 Å². The lowest BCUT2D eigenvalue weighted by Crippen LogP contribution is -2.15. The van der Waals surface area contributed by atoms with Gasteiger partial charge in [-0.05, 0) is 25.5 Å². The molecule has 0 aliphatic rings. The molecule has 1 N–H and O–H groups in total. The van der Waals surface area contributed by atoms with Crippen molar-refractivity contribution >= 4 is 28.7 Å². The number of aryl methyl sites for hydroxylation is 1. The van der Waals surface area contributed by atoms with E-state index in [0.29, 0.717) is 18.8 Å². The van der Waals surface area contributed by atoms with E-state index in [1.165, 1.54) is 6.08 Å². The molecular weight excluding hydrogens is 338 g/mol. The van der Waals surface area contributed by atoms with E-state index in [9.17, 15) is 4.79 Å². The zero-order chi connectivity index (χ0) is 19.2. The van der Waals surface area contributed by atoms with Crippen LogP contribution in [-0.4, -0.2) is 20.3 Å². The summed E-state index contributed by atoms with van der Waals surface area (Å²) in [6.45, 7) is 4.78. The fourth-order valence-corrected chi connectivity index (χ4v) is 3.03. The number of rotatable bonds is 7. The molecule has 3 rings (SSSR count). The Hall–Kier alpha value is -3.33.